The van der Waals surface area contributed by atoms with Gasteiger partial charge in [0.05, 0.1) is 0 Å². The van der Waals surface area contributed by atoms with Gasteiger partial charge in [0, 0.05) is 68.0 Å². The Kier molecular flexibility index (Phi) is 11.5. The van der Waals surface area contributed by atoms with Crippen LogP contribution in [0.1, 0.15) is 0 Å². The summed E-state index contributed by atoms with van der Waals surface area (Å²) in [5, 5.41) is 7.50. The Morgan fingerprint density at radius 1 is 0.219 bits per heavy atom. The summed E-state index contributed by atoms with van der Waals surface area (Å²) in [7, 11) is 0. The molecule has 0 aliphatic heterocycles. The van der Waals surface area contributed by atoms with E-state index in [1.807, 2.05) is 0 Å². The van der Waals surface area contributed by atoms with E-state index >= 15 is 0 Å². The lowest BCUT2D eigenvalue weighted by Gasteiger charge is -2.27. The molecular formula is C60H46N4. The molecule has 0 amide bonds. The molecule has 306 valence electrons. The second kappa shape index (κ2) is 18.6. The molecule has 0 aromatic heterocycles. The van der Waals surface area contributed by atoms with E-state index in [0.717, 1.165) is 90.3 Å². The maximum atomic E-state index is 3.75. The summed E-state index contributed by atoms with van der Waals surface area (Å²) in [6, 6.07) is 94.0. The Morgan fingerprint density at radius 3 is 0.797 bits per heavy atom. The zero-order valence-electron chi connectivity index (χ0n) is 35.3. The molecule has 0 aliphatic carbocycles. The van der Waals surface area contributed by atoms with Crippen molar-refractivity contribution in [2.24, 2.45) is 0 Å². The average Bonchev–Trinajstić information content (AvgIpc) is 3.37. The molecule has 64 heavy (non-hydrogen) atoms. The Bertz CT molecular complexity index is 2760. The molecular weight excluding hydrogens is 777 g/mol. The minimum atomic E-state index is 1.02. The number of anilines is 10. The molecule has 0 aliphatic rings. The Hall–Kier alpha value is -8.60. The van der Waals surface area contributed by atoms with Gasteiger partial charge in [0.15, 0.2) is 0 Å². The molecule has 4 nitrogen and oxygen atoms in total. The van der Waals surface area contributed by atoms with Crippen LogP contribution in [0.25, 0.3) is 33.4 Å². The van der Waals surface area contributed by atoms with Gasteiger partial charge in [-0.15, -0.1) is 0 Å². The van der Waals surface area contributed by atoms with E-state index in [0.29, 0.717) is 0 Å². The number of rotatable bonds is 13. The van der Waals surface area contributed by atoms with E-state index in [2.05, 4.69) is 287 Å². The van der Waals surface area contributed by atoms with Gasteiger partial charge in [-0.25, -0.2) is 0 Å². The summed E-state index contributed by atoms with van der Waals surface area (Å²) < 4.78 is 0. The van der Waals surface area contributed by atoms with Gasteiger partial charge in [-0.2, -0.15) is 0 Å². The molecule has 0 fully saturated rings. The van der Waals surface area contributed by atoms with Crippen molar-refractivity contribution in [3.63, 3.8) is 0 Å². The molecule has 10 rings (SSSR count). The van der Waals surface area contributed by atoms with Gasteiger partial charge >= 0.3 is 0 Å². The van der Waals surface area contributed by atoms with Crippen LogP contribution in [0.3, 0.4) is 0 Å². The maximum absolute atomic E-state index is 3.75. The van der Waals surface area contributed by atoms with Gasteiger partial charge in [0.1, 0.15) is 0 Å². The number of hydrogen-bond donors (Lipinski definition) is 2. The maximum Gasteiger partial charge on any atom is 0.0469 e. The number of hydrogen-bond acceptors (Lipinski definition) is 4. The largest absolute Gasteiger partial charge is 0.355 e. The molecule has 0 heterocycles. The summed E-state index contributed by atoms with van der Waals surface area (Å²) in [4.78, 5) is 4.60. The molecule has 0 spiro atoms. The third-order valence-corrected chi connectivity index (χ3v) is 11.4. The third kappa shape index (κ3) is 8.76. The molecule has 0 saturated heterocycles. The summed E-state index contributed by atoms with van der Waals surface area (Å²) in [5.41, 5.74) is 17.5. The summed E-state index contributed by atoms with van der Waals surface area (Å²) in [5.74, 6) is 0. The van der Waals surface area contributed by atoms with Crippen LogP contribution in [0.5, 0.6) is 0 Å². The van der Waals surface area contributed by atoms with Gasteiger partial charge in [-0.1, -0.05) is 158 Å². The van der Waals surface area contributed by atoms with Gasteiger partial charge in [0.25, 0.3) is 0 Å². The Balaban J connectivity index is 0.903. The second-order valence-electron chi connectivity index (χ2n) is 15.6. The van der Waals surface area contributed by atoms with Crippen molar-refractivity contribution in [2.75, 3.05) is 20.4 Å². The van der Waals surface area contributed by atoms with Crippen LogP contribution in [0.15, 0.2) is 267 Å². The minimum absolute atomic E-state index is 1.02. The highest BCUT2D eigenvalue weighted by atomic mass is 15.1. The van der Waals surface area contributed by atoms with Crippen LogP contribution >= 0.6 is 0 Å². The molecule has 0 unspecified atom stereocenters. The van der Waals surface area contributed by atoms with Crippen LogP contribution < -0.4 is 20.4 Å². The third-order valence-electron chi connectivity index (χ3n) is 11.4. The van der Waals surface area contributed by atoms with Gasteiger partial charge in [-0.05, 0) is 131 Å². The Labute approximate surface area is 376 Å². The average molecular weight is 823 g/mol. The smallest absolute Gasteiger partial charge is 0.0469 e. The van der Waals surface area contributed by atoms with Crippen LogP contribution in [-0.4, -0.2) is 0 Å². The first kappa shape index (κ1) is 39.5. The normalized spacial score (nSPS) is 10.8. The van der Waals surface area contributed by atoms with E-state index in [1.165, 1.54) is 0 Å². The highest BCUT2D eigenvalue weighted by Crippen LogP contribution is 2.42. The van der Waals surface area contributed by atoms with Gasteiger partial charge < -0.3 is 20.4 Å². The van der Waals surface area contributed by atoms with Crippen LogP contribution in [0.2, 0.25) is 0 Å². The lowest BCUT2D eigenvalue weighted by Crippen LogP contribution is -2.10. The molecule has 2 N–H and O–H groups in total. The van der Waals surface area contributed by atoms with E-state index in [9.17, 15) is 0 Å². The van der Waals surface area contributed by atoms with Crippen molar-refractivity contribution < 1.29 is 0 Å². The minimum Gasteiger partial charge on any atom is -0.355 e. The fourth-order valence-electron chi connectivity index (χ4n) is 8.28. The van der Waals surface area contributed by atoms with Crippen molar-refractivity contribution in [1.82, 2.24) is 0 Å². The van der Waals surface area contributed by atoms with Gasteiger partial charge in [-0.3, -0.25) is 0 Å². The van der Waals surface area contributed by atoms with E-state index in [4.69, 9.17) is 0 Å². The van der Waals surface area contributed by atoms with Crippen molar-refractivity contribution in [2.45, 2.75) is 0 Å². The van der Waals surface area contributed by atoms with E-state index in [-0.39, 0.29) is 0 Å². The monoisotopic (exact) mass is 822 g/mol. The number of nitrogens with zero attached hydrogens (tertiary/aromatic N) is 2. The molecule has 0 saturated carbocycles. The quantitative estimate of drug-likeness (QED) is 0.121. The van der Waals surface area contributed by atoms with Crippen molar-refractivity contribution >= 4 is 56.9 Å². The predicted octanol–water partition coefficient (Wildman–Crippen LogP) is 17.1. The number of benzene rings is 10. The number of para-hydroxylation sites is 4. The second-order valence-corrected chi connectivity index (χ2v) is 15.6. The zero-order chi connectivity index (χ0) is 42.9. The zero-order valence-corrected chi connectivity index (χ0v) is 35.3. The topological polar surface area (TPSA) is 30.5 Å². The van der Waals surface area contributed by atoms with Crippen molar-refractivity contribution in [3.8, 4) is 33.4 Å². The van der Waals surface area contributed by atoms with Gasteiger partial charge in [0.2, 0.25) is 0 Å². The molecule has 4 heteroatoms. The van der Waals surface area contributed by atoms with Crippen molar-refractivity contribution in [3.05, 3.63) is 267 Å². The first-order valence-electron chi connectivity index (χ1n) is 21.7. The highest BCUT2D eigenvalue weighted by Gasteiger charge is 2.17. The Morgan fingerprint density at radius 2 is 0.500 bits per heavy atom. The van der Waals surface area contributed by atoms with E-state index < -0.39 is 0 Å². The first-order chi connectivity index (χ1) is 31.7. The van der Waals surface area contributed by atoms with Crippen molar-refractivity contribution in [1.29, 1.82) is 0 Å². The molecule has 10 aromatic rings. The predicted molar refractivity (Wildman–Crippen MR) is 272 cm³/mol. The fraction of sp³-hybridized carbons (Fsp3) is 0. The molecule has 10 aromatic carbocycles. The molecule has 0 bridgehead atoms. The lowest BCUT2D eigenvalue weighted by atomic mass is 10.0. The fourth-order valence-corrected chi connectivity index (χ4v) is 8.28. The van der Waals surface area contributed by atoms with E-state index in [1.54, 1.807) is 0 Å². The number of nitrogens with one attached hydrogen (secondary N) is 2. The highest BCUT2D eigenvalue weighted by molar-refractivity contribution is 5.89. The van der Waals surface area contributed by atoms with Crippen LogP contribution in [-0.2, 0) is 0 Å². The lowest BCUT2D eigenvalue weighted by molar-refractivity contribution is 1.28. The summed E-state index contributed by atoms with van der Waals surface area (Å²) >= 11 is 0. The first-order valence-corrected chi connectivity index (χ1v) is 21.7. The molecule has 0 radical (unpaired) electrons. The summed E-state index contributed by atoms with van der Waals surface area (Å²) in [6.07, 6.45) is 0. The van der Waals surface area contributed by atoms with Crippen LogP contribution in [0.4, 0.5) is 56.9 Å². The molecule has 0 atom stereocenters. The van der Waals surface area contributed by atoms with Crippen LogP contribution in [0, 0.1) is 0 Å². The SMILES string of the molecule is c1ccc(-c2cc(N(c3ccccc3)c3ccccc3)ccc2Nc2ccc(-c3ccc(Nc4ccc(N(c5ccccc5)c5ccccc5)cc4-c4ccccc4)cc3)cc2)cc1. The standard InChI is InChI=1S/C60H46N4/c1-7-19-47(20-8-1)57-43-55(63(51-23-11-3-12-24-51)52-25-13-4-14-26-52)39-41-59(57)61-49-35-31-45(32-36-49)46-33-37-50(38-34-46)62-60-42-40-56(44-58(60)48-21-9-2-10-22-48)64(53-27-15-5-16-28-53)54-29-17-6-18-30-54/h1-44,61-62H. The summed E-state index contributed by atoms with van der Waals surface area (Å²) in [6.45, 7) is 0.